The quantitative estimate of drug-likeness (QED) is 0.276. The van der Waals surface area contributed by atoms with E-state index in [4.69, 9.17) is 14.2 Å². The highest BCUT2D eigenvalue weighted by Gasteiger charge is 2.29. The fourth-order valence-corrected chi connectivity index (χ4v) is 6.71. The summed E-state index contributed by atoms with van der Waals surface area (Å²) in [6.07, 6.45) is 3.26. The summed E-state index contributed by atoms with van der Waals surface area (Å²) in [6.45, 7) is 1.60. The smallest absolute Gasteiger partial charge is 0.254 e. The van der Waals surface area contributed by atoms with Crippen LogP contribution in [0.25, 0.3) is 0 Å². The highest BCUT2D eigenvalue weighted by Crippen LogP contribution is 2.33. The zero-order valence-electron chi connectivity index (χ0n) is 22.5. The standard InChI is InChI=1S/C31H31N3O6S/c35-30(25-13-14-28-29(16-25)40-22-39-28)33(20-27-12-7-15-38-27)19-26-17-32-31(34(26)18-23-8-3-1-4-9-23)41(36,37)21-24-10-5-2-6-11-24/h1-6,8-11,13-14,16-17,27H,7,12,15,18-22H2/t27-/m0/s1. The minimum Gasteiger partial charge on any atom is -0.454 e. The van der Waals surface area contributed by atoms with Crippen LogP contribution in [0.3, 0.4) is 0 Å². The highest BCUT2D eigenvalue weighted by atomic mass is 32.2. The van der Waals surface area contributed by atoms with E-state index in [1.807, 2.05) is 48.5 Å². The Hall–Kier alpha value is -4.15. The molecule has 4 aromatic rings. The van der Waals surface area contributed by atoms with Crippen LogP contribution < -0.4 is 9.47 Å². The fraction of sp³-hybridized carbons (Fsp3) is 0.290. The van der Waals surface area contributed by atoms with Crippen molar-refractivity contribution in [1.82, 2.24) is 14.5 Å². The maximum Gasteiger partial charge on any atom is 0.254 e. The second-order valence-corrected chi connectivity index (χ2v) is 12.1. The molecule has 0 bridgehead atoms. The van der Waals surface area contributed by atoms with Gasteiger partial charge in [0.05, 0.1) is 36.8 Å². The lowest BCUT2D eigenvalue weighted by Gasteiger charge is -2.26. The number of benzene rings is 3. The highest BCUT2D eigenvalue weighted by molar-refractivity contribution is 7.90. The van der Waals surface area contributed by atoms with Crippen LogP contribution in [0.4, 0.5) is 0 Å². The Morgan fingerprint density at radius 2 is 1.68 bits per heavy atom. The molecule has 0 aliphatic carbocycles. The predicted octanol–water partition coefficient (Wildman–Crippen LogP) is 4.46. The summed E-state index contributed by atoms with van der Waals surface area (Å²) in [4.78, 5) is 20.0. The molecule has 212 valence electrons. The monoisotopic (exact) mass is 573 g/mol. The molecule has 0 saturated carbocycles. The molecule has 1 aromatic heterocycles. The van der Waals surface area contributed by atoms with Gasteiger partial charge < -0.3 is 23.7 Å². The molecule has 9 nitrogen and oxygen atoms in total. The van der Waals surface area contributed by atoms with Gasteiger partial charge in [-0.1, -0.05) is 60.7 Å². The number of hydrogen-bond acceptors (Lipinski definition) is 7. The van der Waals surface area contributed by atoms with E-state index in [9.17, 15) is 13.2 Å². The lowest BCUT2D eigenvalue weighted by Crippen LogP contribution is -2.37. The van der Waals surface area contributed by atoms with Gasteiger partial charge in [0.25, 0.3) is 5.91 Å². The van der Waals surface area contributed by atoms with Crippen molar-refractivity contribution in [2.45, 2.75) is 42.9 Å². The second-order valence-electron chi connectivity index (χ2n) is 10.2. The van der Waals surface area contributed by atoms with Gasteiger partial charge in [0.1, 0.15) is 0 Å². The van der Waals surface area contributed by atoms with Crippen LogP contribution in [0.2, 0.25) is 0 Å². The molecule has 6 rings (SSSR count). The minimum atomic E-state index is -3.79. The van der Waals surface area contributed by atoms with E-state index < -0.39 is 9.84 Å². The number of ether oxygens (including phenoxy) is 3. The first-order valence-electron chi connectivity index (χ1n) is 13.6. The molecular weight excluding hydrogens is 542 g/mol. The summed E-state index contributed by atoms with van der Waals surface area (Å²) in [5.41, 5.74) is 2.68. The van der Waals surface area contributed by atoms with E-state index in [1.165, 1.54) is 0 Å². The third kappa shape index (κ3) is 6.13. The number of nitrogens with zero attached hydrogens (tertiary/aromatic N) is 3. The molecular formula is C31H31N3O6S. The van der Waals surface area contributed by atoms with Gasteiger partial charge in [-0.3, -0.25) is 4.79 Å². The Labute approximate surface area is 239 Å². The number of sulfone groups is 1. The van der Waals surface area contributed by atoms with Crippen LogP contribution in [0, 0.1) is 0 Å². The van der Waals surface area contributed by atoms with Crippen LogP contribution in [0.1, 0.15) is 40.0 Å². The molecule has 3 heterocycles. The maximum atomic E-state index is 13.9. The van der Waals surface area contributed by atoms with E-state index >= 15 is 0 Å². The van der Waals surface area contributed by atoms with Crippen molar-refractivity contribution < 1.29 is 27.4 Å². The molecule has 2 aliphatic heterocycles. The molecule has 2 aliphatic rings. The van der Waals surface area contributed by atoms with Crippen molar-refractivity contribution in [3.63, 3.8) is 0 Å². The van der Waals surface area contributed by atoms with Crippen LogP contribution >= 0.6 is 0 Å². The van der Waals surface area contributed by atoms with Crippen molar-refractivity contribution in [3.8, 4) is 11.5 Å². The molecule has 0 spiro atoms. The fourth-order valence-electron chi connectivity index (χ4n) is 5.22. The maximum absolute atomic E-state index is 13.9. The Morgan fingerprint density at radius 1 is 0.951 bits per heavy atom. The van der Waals surface area contributed by atoms with E-state index in [2.05, 4.69) is 4.98 Å². The Balaban J connectivity index is 1.35. The number of rotatable bonds is 10. The van der Waals surface area contributed by atoms with E-state index in [0.29, 0.717) is 48.0 Å². The number of carbonyl (C=O) groups excluding carboxylic acids is 1. The number of amides is 1. The van der Waals surface area contributed by atoms with Crippen LogP contribution in [-0.2, 0) is 33.4 Å². The molecule has 1 amide bonds. The Kier molecular flexibility index (Phi) is 7.76. The molecule has 1 saturated heterocycles. The summed E-state index contributed by atoms with van der Waals surface area (Å²) >= 11 is 0. The molecule has 0 unspecified atom stereocenters. The van der Waals surface area contributed by atoms with Crippen molar-refractivity contribution in [1.29, 1.82) is 0 Å². The minimum absolute atomic E-state index is 0.0206. The predicted molar refractivity (Wildman–Crippen MR) is 151 cm³/mol. The van der Waals surface area contributed by atoms with Gasteiger partial charge in [-0.05, 0) is 42.2 Å². The molecule has 1 atom stereocenters. The largest absolute Gasteiger partial charge is 0.454 e. The summed E-state index contributed by atoms with van der Waals surface area (Å²) in [5, 5.41) is -0.0206. The third-order valence-electron chi connectivity index (χ3n) is 7.27. The van der Waals surface area contributed by atoms with Gasteiger partial charge >= 0.3 is 0 Å². The normalized spacial score (nSPS) is 16.1. The van der Waals surface area contributed by atoms with Gasteiger partial charge in [-0.15, -0.1) is 0 Å². The van der Waals surface area contributed by atoms with E-state index in [-0.39, 0.29) is 36.3 Å². The molecule has 41 heavy (non-hydrogen) atoms. The Morgan fingerprint density at radius 3 is 2.41 bits per heavy atom. The van der Waals surface area contributed by atoms with Gasteiger partial charge in [-0.2, -0.15) is 0 Å². The zero-order chi connectivity index (χ0) is 28.2. The number of aromatic nitrogens is 2. The van der Waals surface area contributed by atoms with Gasteiger partial charge in [0.2, 0.25) is 21.8 Å². The average molecular weight is 574 g/mol. The topological polar surface area (TPSA) is 100.0 Å². The van der Waals surface area contributed by atoms with Crippen LogP contribution in [0.5, 0.6) is 11.5 Å². The summed E-state index contributed by atoms with van der Waals surface area (Å²) in [6, 6.07) is 23.8. The molecule has 10 heteroatoms. The van der Waals surface area contributed by atoms with Crippen molar-refractivity contribution >= 4 is 15.7 Å². The SMILES string of the molecule is O=C(c1ccc2c(c1)OCO2)N(Cc1cnc(S(=O)(=O)Cc2ccccc2)n1Cc1ccccc1)C[C@@H]1CCCO1. The Bertz CT molecular complexity index is 1620. The first-order chi connectivity index (χ1) is 20.0. The van der Waals surface area contributed by atoms with Crippen molar-refractivity contribution in [2.24, 2.45) is 0 Å². The molecule has 0 radical (unpaired) electrons. The first-order valence-corrected chi connectivity index (χ1v) is 15.3. The molecule has 0 N–H and O–H groups in total. The third-order valence-corrected chi connectivity index (χ3v) is 8.87. The van der Waals surface area contributed by atoms with Crippen molar-refractivity contribution in [2.75, 3.05) is 19.9 Å². The second kappa shape index (κ2) is 11.8. The molecule has 3 aromatic carbocycles. The number of fused-ring (bicyclic) bond motifs is 1. The van der Waals surface area contributed by atoms with Crippen LogP contribution in [-0.4, -0.2) is 54.8 Å². The van der Waals surface area contributed by atoms with Crippen LogP contribution in [0.15, 0.2) is 90.2 Å². The van der Waals surface area contributed by atoms with Gasteiger partial charge in [0, 0.05) is 18.7 Å². The van der Waals surface area contributed by atoms with Crippen molar-refractivity contribution in [3.05, 3.63) is 107 Å². The van der Waals surface area contributed by atoms with E-state index in [0.717, 1.165) is 18.4 Å². The van der Waals surface area contributed by atoms with E-state index in [1.54, 1.807) is 46.0 Å². The summed E-state index contributed by atoms with van der Waals surface area (Å²) < 4.78 is 45.8. The lowest BCUT2D eigenvalue weighted by molar-refractivity contribution is 0.0501. The summed E-state index contributed by atoms with van der Waals surface area (Å²) in [7, 11) is -3.79. The zero-order valence-corrected chi connectivity index (χ0v) is 23.3. The number of imidazole rings is 1. The average Bonchev–Trinajstić information content (AvgIpc) is 3.75. The lowest BCUT2D eigenvalue weighted by atomic mass is 10.1. The van der Waals surface area contributed by atoms with Gasteiger partial charge in [-0.25, -0.2) is 13.4 Å². The summed E-state index contributed by atoms with van der Waals surface area (Å²) in [5.74, 6) is 0.743. The first kappa shape index (κ1) is 27.0. The number of carbonyl (C=O) groups is 1. The molecule has 1 fully saturated rings. The van der Waals surface area contributed by atoms with Gasteiger partial charge in [0.15, 0.2) is 11.5 Å². The number of hydrogen-bond donors (Lipinski definition) is 0.